The predicted molar refractivity (Wildman–Crippen MR) is 125 cm³/mol. The summed E-state index contributed by atoms with van der Waals surface area (Å²) in [6.45, 7) is 1.89. The maximum absolute atomic E-state index is 13.5. The van der Waals surface area contributed by atoms with Crippen molar-refractivity contribution in [2.75, 3.05) is 11.6 Å². The average molecular weight is 451 g/mol. The molecule has 4 rings (SSSR count). The number of hydrogen-bond acceptors (Lipinski definition) is 5. The van der Waals surface area contributed by atoms with E-state index in [1.54, 1.807) is 23.5 Å². The van der Waals surface area contributed by atoms with Crippen LogP contribution in [0.4, 0.5) is 5.69 Å². The smallest absolute Gasteiger partial charge is 0.235 e. The van der Waals surface area contributed by atoms with E-state index in [0.29, 0.717) is 12.1 Å². The van der Waals surface area contributed by atoms with E-state index in [4.69, 9.17) is 4.98 Å². The number of para-hydroxylation sites is 1. The Labute approximate surface area is 185 Å². The van der Waals surface area contributed by atoms with Gasteiger partial charge in [-0.15, -0.1) is 11.3 Å². The minimum atomic E-state index is -3.37. The summed E-state index contributed by atoms with van der Waals surface area (Å²) in [7, 11) is -3.37. The highest BCUT2D eigenvalue weighted by Crippen LogP contribution is 2.33. The van der Waals surface area contributed by atoms with Crippen LogP contribution >= 0.6 is 11.3 Å². The van der Waals surface area contributed by atoms with Crippen LogP contribution in [0.5, 0.6) is 0 Å². The molecule has 5 nitrogen and oxygen atoms in total. The summed E-state index contributed by atoms with van der Waals surface area (Å²) in [6.07, 6.45) is 1.57. The van der Waals surface area contributed by atoms with Gasteiger partial charge in [-0.1, -0.05) is 48.5 Å². The molecule has 0 spiro atoms. The zero-order valence-electron chi connectivity index (χ0n) is 17.2. The number of anilines is 1. The molecule has 0 aliphatic heterocycles. The van der Waals surface area contributed by atoms with Crippen molar-refractivity contribution < 1.29 is 13.2 Å². The van der Waals surface area contributed by atoms with E-state index >= 15 is 0 Å². The molecule has 158 valence electrons. The van der Waals surface area contributed by atoms with Gasteiger partial charge in [-0.25, -0.2) is 13.4 Å². The third-order valence-electron chi connectivity index (χ3n) is 5.28. The molecule has 0 saturated carbocycles. The maximum atomic E-state index is 13.5. The summed E-state index contributed by atoms with van der Waals surface area (Å²) in [5.41, 5.74) is 1.33. The van der Waals surface area contributed by atoms with Crippen molar-refractivity contribution in [1.82, 2.24) is 4.98 Å². The summed E-state index contributed by atoms with van der Waals surface area (Å²) in [5, 5.41) is 3.79. The summed E-state index contributed by atoms with van der Waals surface area (Å²) in [4.78, 5) is 18.4. The SMILES string of the molecule is CC(Cc1nc2ccccc2s1)(C(=O)Nc1cccc(S(C)(=O)=O)c1)c1ccccc1. The molecular formula is C24H22N2O3S2. The number of nitrogens with zero attached hydrogens (tertiary/aromatic N) is 1. The second-order valence-electron chi connectivity index (χ2n) is 7.70. The molecule has 1 heterocycles. The Bertz CT molecular complexity index is 1310. The molecular weight excluding hydrogens is 428 g/mol. The largest absolute Gasteiger partial charge is 0.325 e. The third kappa shape index (κ3) is 4.52. The van der Waals surface area contributed by atoms with Gasteiger partial charge in [-0.2, -0.15) is 0 Å². The van der Waals surface area contributed by atoms with Crippen LogP contribution in [-0.4, -0.2) is 25.6 Å². The number of rotatable bonds is 6. The number of sulfone groups is 1. The van der Waals surface area contributed by atoms with Gasteiger partial charge < -0.3 is 5.32 Å². The minimum absolute atomic E-state index is 0.165. The molecule has 0 bridgehead atoms. The highest BCUT2D eigenvalue weighted by atomic mass is 32.2. The van der Waals surface area contributed by atoms with E-state index < -0.39 is 15.3 Å². The lowest BCUT2D eigenvalue weighted by Crippen LogP contribution is -2.39. The van der Waals surface area contributed by atoms with Crippen molar-refractivity contribution in [2.24, 2.45) is 0 Å². The van der Waals surface area contributed by atoms with Crippen LogP contribution in [0, 0.1) is 0 Å². The van der Waals surface area contributed by atoms with Gasteiger partial charge in [0.15, 0.2) is 9.84 Å². The van der Waals surface area contributed by atoms with Crippen molar-refractivity contribution in [3.63, 3.8) is 0 Å². The van der Waals surface area contributed by atoms with Crippen molar-refractivity contribution in [3.05, 3.63) is 89.4 Å². The topological polar surface area (TPSA) is 76.1 Å². The van der Waals surface area contributed by atoms with E-state index in [1.807, 2.05) is 61.5 Å². The molecule has 31 heavy (non-hydrogen) atoms. The average Bonchev–Trinajstić information content (AvgIpc) is 3.16. The Kier molecular flexibility index (Phi) is 5.64. The Morgan fingerprint density at radius 3 is 2.42 bits per heavy atom. The molecule has 3 aromatic carbocycles. The van der Waals surface area contributed by atoms with E-state index in [-0.39, 0.29) is 10.8 Å². The Morgan fingerprint density at radius 2 is 1.71 bits per heavy atom. The molecule has 0 fully saturated rings. The summed E-state index contributed by atoms with van der Waals surface area (Å²) < 4.78 is 24.9. The van der Waals surface area contributed by atoms with E-state index in [9.17, 15) is 13.2 Å². The van der Waals surface area contributed by atoms with Crippen molar-refractivity contribution in [3.8, 4) is 0 Å². The van der Waals surface area contributed by atoms with Crippen LogP contribution in [0.25, 0.3) is 10.2 Å². The summed E-state index contributed by atoms with van der Waals surface area (Å²) in [6, 6.07) is 23.8. The summed E-state index contributed by atoms with van der Waals surface area (Å²) >= 11 is 1.58. The fourth-order valence-electron chi connectivity index (χ4n) is 3.49. The lowest BCUT2D eigenvalue weighted by atomic mass is 9.78. The van der Waals surface area contributed by atoms with Crippen molar-refractivity contribution in [2.45, 2.75) is 23.7 Å². The molecule has 0 saturated heterocycles. The lowest BCUT2D eigenvalue weighted by molar-refractivity contribution is -0.121. The molecule has 0 aliphatic carbocycles. The number of hydrogen-bond donors (Lipinski definition) is 1. The van der Waals surface area contributed by atoms with Gasteiger partial charge in [0.25, 0.3) is 0 Å². The number of aromatic nitrogens is 1. The number of fused-ring (bicyclic) bond motifs is 1. The second kappa shape index (κ2) is 8.24. The van der Waals surface area contributed by atoms with E-state index in [0.717, 1.165) is 27.0 Å². The third-order valence-corrected chi connectivity index (χ3v) is 7.42. The van der Waals surface area contributed by atoms with Crippen LogP contribution in [0.3, 0.4) is 0 Å². The van der Waals surface area contributed by atoms with Crippen LogP contribution in [0.15, 0.2) is 83.8 Å². The first kappa shape index (κ1) is 21.2. The Morgan fingerprint density at radius 1 is 1.00 bits per heavy atom. The Balaban J connectivity index is 1.70. The van der Waals surface area contributed by atoms with Crippen LogP contribution in [0.2, 0.25) is 0 Å². The maximum Gasteiger partial charge on any atom is 0.235 e. The second-order valence-corrected chi connectivity index (χ2v) is 10.8. The first-order valence-electron chi connectivity index (χ1n) is 9.77. The van der Waals surface area contributed by atoms with Gasteiger partial charge >= 0.3 is 0 Å². The fourth-order valence-corrected chi connectivity index (χ4v) is 5.28. The van der Waals surface area contributed by atoms with Crippen LogP contribution in [-0.2, 0) is 26.5 Å². The number of carbonyl (C=O) groups excluding carboxylic acids is 1. The fraction of sp³-hybridized carbons (Fsp3) is 0.167. The van der Waals surface area contributed by atoms with Crippen LogP contribution < -0.4 is 5.32 Å². The van der Waals surface area contributed by atoms with Gasteiger partial charge in [0, 0.05) is 18.4 Å². The van der Waals surface area contributed by atoms with Gasteiger partial charge in [0.2, 0.25) is 5.91 Å². The van der Waals surface area contributed by atoms with E-state index in [1.165, 1.54) is 12.1 Å². The zero-order valence-corrected chi connectivity index (χ0v) is 18.8. The normalized spacial score (nSPS) is 13.6. The zero-order chi connectivity index (χ0) is 22.1. The highest BCUT2D eigenvalue weighted by Gasteiger charge is 2.36. The van der Waals surface area contributed by atoms with Crippen LogP contribution in [0.1, 0.15) is 17.5 Å². The number of nitrogens with one attached hydrogen (secondary N) is 1. The molecule has 1 unspecified atom stereocenters. The lowest BCUT2D eigenvalue weighted by Gasteiger charge is -2.28. The van der Waals surface area contributed by atoms with Crippen molar-refractivity contribution in [1.29, 1.82) is 0 Å². The Hall–Kier alpha value is -3.03. The highest BCUT2D eigenvalue weighted by molar-refractivity contribution is 7.90. The standard InChI is InChI=1S/C24H22N2O3S2/c1-24(17-9-4-3-5-10-17,16-22-26-20-13-6-7-14-21(20)30-22)23(27)25-18-11-8-12-19(15-18)31(2,28)29/h3-15H,16H2,1-2H3,(H,25,27). The van der Waals surface area contributed by atoms with Gasteiger partial charge in [-0.05, 0) is 42.8 Å². The quantitative estimate of drug-likeness (QED) is 0.456. The number of carbonyl (C=O) groups is 1. The molecule has 1 N–H and O–H groups in total. The number of benzene rings is 3. The van der Waals surface area contributed by atoms with Gasteiger partial charge in [0.05, 0.1) is 25.5 Å². The van der Waals surface area contributed by atoms with Gasteiger partial charge in [-0.3, -0.25) is 4.79 Å². The summed E-state index contributed by atoms with van der Waals surface area (Å²) in [5.74, 6) is -0.219. The first-order chi connectivity index (χ1) is 14.8. The first-order valence-corrected chi connectivity index (χ1v) is 12.5. The van der Waals surface area contributed by atoms with Crippen molar-refractivity contribution >= 4 is 43.0 Å². The number of amides is 1. The predicted octanol–water partition coefficient (Wildman–Crippen LogP) is 4.84. The van der Waals surface area contributed by atoms with E-state index in [2.05, 4.69) is 5.32 Å². The molecule has 0 radical (unpaired) electrons. The molecule has 1 aromatic heterocycles. The molecule has 1 amide bonds. The minimum Gasteiger partial charge on any atom is -0.325 e. The molecule has 4 aromatic rings. The molecule has 7 heteroatoms. The molecule has 0 aliphatic rings. The monoisotopic (exact) mass is 450 g/mol. The molecule has 1 atom stereocenters. The van der Waals surface area contributed by atoms with Gasteiger partial charge in [0.1, 0.15) is 0 Å². The number of thiazole rings is 1.